The van der Waals surface area contributed by atoms with Crippen LogP contribution in [0.15, 0.2) is 83.8 Å². The molecule has 1 amide bonds. The fraction of sp³-hybridized carbons (Fsp3) is 0.240. The molecule has 6 nitrogen and oxygen atoms in total. The number of rotatable bonds is 6. The molecule has 172 valence electrons. The Morgan fingerprint density at radius 3 is 2.15 bits per heavy atom. The number of sulfonamides is 1. The van der Waals surface area contributed by atoms with Crippen LogP contribution in [0.4, 0.5) is 15.8 Å². The molecule has 1 saturated heterocycles. The van der Waals surface area contributed by atoms with Gasteiger partial charge >= 0.3 is 0 Å². The van der Waals surface area contributed by atoms with Gasteiger partial charge in [-0.3, -0.25) is 9.10 Å². The second-order valence-corrected chi connectivity index (χ2v) is 9.79. The van der Waals surface area contributed by atoms with E-state index in [4.69, 9.17) is 0 Å². The van der Waals surface area contributed by atoms with E-state index in [0.717, 1.165) is 5.56 Å². The SMILES string of the molecule is Cc1ccccc1N(CC(=O)N1CCN(c2ccccc2F)CC1)S(=O)(=O)c1ccccc1. The van der Waals surface area contributed by atoms with Crippen molar-refractivity contribution in [3.8, 4) is 0 Å². The molecule has 1 fully saturated rings. The van der Waals surface area contributed by atoms with Crippen LogP contribution in [-0.4, -0.2) is 51.9 Å². The summed E-state index contributed by atoms with van der Waals surface area (Å²) >= 11 is 0. The number of para-hydroxylation sites is 2. The molecule has 3 aromatic rings. The molecule has 33 heavy (non-hydrogen) atoms. The summed E-state index contributed by atoms with van der Waals surface area (Å²) in [5, 5.41) is 0. The van der Waals surface area contributed by atoms with Gasteiger partial charge in [0.1, 0.15) is 12.4 Å². The summed E-state index contributed by atoms with van der Waals surface area (Å²) in [6, 6.07) is 21.8. The largest absolute Gasteiger partial charge is 0.366 e. The van der Waals surface area contributed by atoms with Crippen molar-refractivity contribution in [2.24, 2.45) is 0 Å². The van der Waals surface area contributed by atoms with E-state index in [2.05, 4.69) is 0 Å². The van der Waals surface area contributed by atoms with Gasteiger partial charge in [0.05, 0.1) is 16.3 Å². The Morgan fingerprint density at radius 2 is 1.48 bits per heavy atom. The third-order valence-corrected chi connectivity index (χ3v) is 7.59. The lowest BCUT2D eigenvalue weighted by Gasteiger charge is -2.37. The molecular weight excluding hydrogens is 441 g/mol. The van der Waals surface area contributed by atoms with Crippen molar-refractivity contribution in [2.75, 3.05) is 41.9 Å². The first kappa shape index (κ1) is 22.8. The average molecular weight is 468 g/mol. The Balaban J connectivity index is 1.54. The maximum atomic E-state index is 14.1. The number of hydrogen-bond donors (Lipinski definition) is 0. The van der Waals surface area contributed by atoms with Crippen LogP contribution in [0, 0.1) is 12.7 Å². The number of amides is 1. The van der Waals surface area contributed by atoms with Crippen LogP contribution in [0.5, 0.6) is 0 Å². The number of benzene rings is 3. The van der Waals surface area contributed by atoms with Gasteiger partial charge in [-0.2, -0.15) is 0 Å². The van der Waals surface area contributed by atoms with E-state index in [1.165, 1.54) is 22.5 Å². The summed E-state index contributed by atoms with van der Waals surface area (Å²) in [6.45, 7) is 3.24. The number of carbonyl (C=O) groups is 1. The Kier molecular flexibility index (Phi) is 6.65. The molecule has 0 aliphatic carbocycles. The van der Waals surface area contributed by atoms with Gasteiger partial charge in [-0.25, -0.2) is 12.8 Å². The van der Waals surface area contributed by atoms with Gasteiger partial charge in [-0.15, -0.1) is 0 Å². The lowest BCUT2D eigenvalue weighted by Crippen LogP contribution is -2.52. The number of piperazine rings is 1. The molecule has 4 rings (SSSR count). The van der Waals surface area contributed by atoms with Crippen molar-refractivity contribution in [3.05, 3.63) is 90.2 Å². The summed E-state index contributed by atoms with van der Waals surface area (Å²) in [7, 11) is -3.94. The van der Waals surface area contributed by atoms with Crippen molar-refractivity contribution in [1.29, 1.82) is 0 Å². The number of aryl methyl sites for hydroxylation is 1. The maximum Gasteiger partial charge on any atom is 0.264 e. The molecule has 8 heteroatoms. The predicted octanol–water partition coefficient (Wildman–Crippen LogP) is 3.68. The van der Waals surface area contributed by atoms with Crippen molar-refractivity contribution >= 4 is 27.3 Å². The number of anilines is 2. The number of hydrogen-bond acceptors (Lipinski definition) is 4. The first-order valence-corrected chi connectivity index (χ1v) is 12.2. The first-order chi connectivity index (χ1) is 15.9. The molecule has 0 bridgehead atoms. The van der Waals surface area contributed by atoms with Gasteiger partial charge in [-0.1, -0.05) is 48.5 Å². The highest BCUT2D eigenvalue weighted by atomic mass is 32.2. The molecule has 0 unspecified atom stereocenters. The second kappa shape index (κ2) is 9.62. The van der Waals surface area contributed by atoms with Crippen molar-refractivity contribution in [3.63, 3.8) is 0 Å². The van der Waals surface area contributed by atoms with Crippen LogP contribution in [0.3, 0.4) is 0 Å². The molecule has 3 aromatic carbocycles. The third-order valence-electron chi connectivity index (χ3n) is 5.82. The van der Waals surface area contributed by atoms with E-state index < -0.39 is 10.0 Å². The first-order valence-electron chi connectivity index (χ1n) is 10.8. The summed E-state index contributed by atoms with van der Waals surface area (Å²) in [5.74, 6) is -0.581. The number of nitrogens with zero attached hydrogens (tertiary/aromatic N) is 3. The van der Waals surface area contributed by atoms with Crippen LogP contribution in [-0.2, 0) is 14.8 Å². The van der Waals surface area contributed by atoms with Gasteiger partial charge in [0, 0.05) is 26.2 Å². The summed E-state index contributed by atoms with van der Waals surface area (Å²) in [4.78, 5) is 16.9. The van der Waals surface area contributed by atoms with Crippen molar-refractivity contribution in [1.82, 2.24) is 4.90 Å². The minimum Gasteiger partial charge on any atom is -0.366 e. The molecular formula is C25H26FN3O3S. The van der Waals surface area contributed by atoms with Gasteiger partial charge in [-0.05, 0) is 42.8 Å². The van der Waals surface area contributed by atoms with Crippen LogP contribution >= 0.6 is 0 Å². The minimum absolute atomic E-state index is 0.130. The maximum absolute atomic E-state index is 14.1. The molecule has 0 atom stereocenters. The topological polar surface area (TPSA) is 60.9 Å². The molecule has 0 aromatic heterocycles. The second-order valence-electron chi connectivity index (χ2n) is 7.93. The van der Waals surface area contributed by atoms with E-state index in [0.29, 0.717) is 37.6 Å². The number of halogens is 1. The lowest BCUT2D eigenvalue weighted by molar-refractivity contribution is -0.129. The van der Waals surface area contributed by atoms with Gasteiger partial charge < -0.3 is 9.80 Å². The fourth-order valence-electron chi connectivity index (χ4n) is 3.99. The zero-order valence-corrected chi connectivity index (χ0v) is 19.2. The average Bonchev–Trinajstić information content (AvgIpc) is 2.84. The minimum atomic E-state index is -3.94. The van der Waals surface area contributed by atoms with Crippen LogP contribution < -0.4 is 9.21 Å². The highest BCUT2D eigenvalue weighted by molar-refractivity contribution is 7.92. The zero-order valence-electron chi connectivity index (χ0n) is 18.4. The van der Waals surface area contributed by atoms with Gasteiger partial charge in [0.2, 0.25) is 5.91 Å². The smallest absolute Gasteiger partial charge is 0.264 e. The van der Waals surface area contributed by atoms with Crippen molar-refractivity contribution < 1.29 is 17.6 Å². The molecule has 0 radical (unpaired) electrons. The quantitative estimate of drug-likeness (QED) is 0.555. The van der Waals surface area contributed by atoms with Gasteiger partial charge in [0.25, 0.3) is 10.0 Å². The van der Waals surface area contributed by atoms with Gasteiger partial charge in [0.15, 0.2) is 0 Å². The molecule has 1 heterocycles. The highest BCUT2D eigenvalue weighted by Crippen LogP contribution is 2.27. The normalized spacial score (nSPS) is 14.2. The van der Waals surface area contributed by atoms with Crippen LogP contribution in [0.1, 0.15) is 5.56 Å². The predicted molar refractivity (Wildman–Crippen MR) is 127 cm³/mol. The monoisotopic (exact) mass is 467 g/mol. The lowest BCUT2D eigenvalue weighted by atomic mass is 10.2. The Hall–Kier alpha value is -3.39. The zero-order chi connectivity index (χ0) is 23.4. The fourth-order valence-corrected chi connectivity index (χ4v) is 5.49. The number of carbonyl (C=O) groups excluding carboxylic acids is 1. The molecule has 0 spiro atoms. The molecule has 0 saturated carbocycles. The Labute approximate surface area is 193 Å². The van der Waals surface area contributed by atoms with E-state index >= 15 is 0 Å². The molecule has 1 aliphatic rings. The molecule has 1 aliphatic heterocycles. The van der Waals surface area contributed by atoms with E-state index in [-0.39, 0.29) is 23.2 Å². The highest BCUT2D eigenvalue weighted by Gasteiger charge is 2.31. The third kappa shape index (κ3) is 4.85. The Morgan fingerprint density at radius 1 is 0.879 bits per heavy atom. The van der Waals surface area contributed by atoms with E-state index in [1.807, 2.05) is 24.0 Å². The van der Waals surface area contributed by atoms with E-state index in [9.17, 15) is 17.6 Å². The summed E-state index contributed by atoms with van der Waals surface area (Å²) in [5.41, 5.74) is 1.74. The molecule has 0 N–H and O–H groups in total. The summed E-state index contributed by atoms with van der Waals surface area (Å²) < 4.78 is 42.3. The van der Waals surface area contributed by atoms with Crippen LogP contribution in [0.25, 0.3) is 0 Å². The standard InChI is InChI=1S/C25H26FN3O3S/c1-20-9-5-7-13-23(20)29(33(31,32)21-10-3-2-4-11-21)19-25(30)28-17-15-27(16-18-28)24-14-8-6-12-22(24)26/h2-14H,15-19H2,1H3. The van der Waals surface area contributed by atoms with E-state index in [1.54, 1.807) is 53.4 Å². The Bertz CT molecular complexity index is 1230. The summed E-state index contributed by atoms with van der Waals surface area (Å²) in [6.07, 6.45) is 0. The van der Waals surface area contributed by atoms with Crippen molar-refractivity contribution in [2.45, 2.75) is 11.8 Å². The van der Waals surface area contributed by atoms with Crippen LogP contribution in [0.2, 0.25) is 0 Å².